The van der Waals surface area contributed by atoms with Crippen LogP contribution in [0.25, 0.3) is 0 Å². The van der Waals surface area contributed by atoms with Crippen LogP contribution in [0.4, 0.5) is 5.69 Å². The van der Waals surface area contributed by atoms with Crippen molar-refractivity contribution in [1.29, 1.82) is 0 Å². The summed E-state index contributed by atoms with van der Waals surface area (Å²) >= 11 is 0. The number of hydrogen-bond acceptors (Lipinski definition) is 2. The average molecular weight is 260 g/mol. The Balaban J connectivity index is 1.87. The maximum absolute atomic E-state index is 11.9. The second-order valence-electron chi connectivity index (χ2n) is 5.98. The summed E-state index contributed by atoms with van der Waals surface area (Å²) in [4.78, 5) is 11.9. The van der Waals surface area contributed by atoms with Crippen LogP contribution in [0.3, 0.4) is 0 Å². The lowest BCUT2D eigenvalue weighted by atomic mass is 10.0. The summed E-state index contributed by atoms with van der Waals surface area (Å²) in [5, 5.41) is 6.24. The number of carbonyl (C=O) groups is 1. The zero-order valence-electron chi connectivity index (χ0n) is 12.2. The maximum Gasteiger partial charge on any atom is 0.239 e. The van der Waals surface area contributed by atoms with Crippen molar-refractivity contribution in [1.82, 2.24) is 5.32 Å². The molecule has 1 amide bonds. The van der Waals surface area contributed by atoms with E-state index in [0.29, 0.717) is 6.54 Å². The lowest BCUT2D eigenvalue weighted by Crippen LogP contribution is -2.45. The van der Waals surface area contributed by atoms with Crippen molar-refractivity contribution in [2.45, 2.75) is 52.0 Å². The van der Waals surface area contributed by atoms with Crippen LogP contribution in [-0.2, 0) is 17.6 Å². The summed E-state index contributed by atoms with van der Waals surface area (Å²) in [6.07, 6.45) is 4.54. The van der Waals surface area contributed by atoms with Crippen molar-refractivity contribution in [2.75, 3.05) is 11.9 Å². The first kappa shape index (κ1) is 13.9. The first-order chi connectivity index (χ1) is 9.00. The van der Waals surface area contributed by atoms with Crippen LogP contribution in [0.2, 0.25) is 0 Å². The third-order valence-electron chi connectivity index (χ3n) is 3.91. The van der Waals surface area contributed by atoms with Crippen molar-refractivity contribution in [2.24, 2.45) is 0 Å². The van der Waals surface area contributed by atoms with Gasteiger partial charge in [-0.2, -0.15) is 0 Å². The van der Waals surface area contributed by atoms with Crippen LogP contribution in [0, 0.1) is 0 Å². The standard InChI is InChI=1S/C16H24N2O/c1-4-16(2,3)18-15(19)11-17-14-9-8-12-6-5-7-13(12)10-14/h8-10,17H,4-7,11H2,1-3H3,(H,18,19). The van der Waals surface area contributed by atoms with Gasteiger partial charge in [-0.1, -0.05) is 13.0 Å². The van der Waals surface area contributed by atoms with Crippen LogP contribution in [0.5, 0.6) is 0 Å². The van der Waals surface area contributed by atoms with E-state index in [-0.39, 0.29) is 11.4 Å². The summed E-state index contributed by atoms with van der Waals surface area (Å²) in [6, 6.07) is 6.43. The Morgan fingerprint density at radius 1 is 1.26 bits per heavy atom. The van der Waals surface area contributed by atoms with E-state index in [0.717, 1.165) is 12.1 Å². The molecule has 0 atom stereocenters. The first-order valence-corrected chi connectivity index (χ1v) is 7.17. The zero-order chi connectivity index (χ0) is 13.9. The highest BCUT2D eigenvalue weighted by Gasteiger charge is 2.17. The Kier molecular flexibility index (Phi) is 4.13. The third-order valence-corrected chi connectivity index (χ3v) is 3.91. The molecule has 0 radical (unpaired) electrons. The Bertz CT molecular complexity index is 466. The molecule has 2 N–H and O–H groups in total. The SMILES string of the molecule is CCC(C)(C)NC(=O)CNc1ccc2c(c1)CCC2. The van der Waals surface area contributed by atoms with E-state index in [1.54, 1.807) is 0 Å². The fourth-order valence-electron chi connectivity index (χ4n) is 2.37. The Morgan fingerprint density at radius 3 is 2.74 bits per heavy atom. The van der Waals surface area contributed by atoms with Gasteiger partial charge in [-0.15, -0.1) is 0 Å². The van der Waals surface area contributed by atoms with Gasteiger partial charge in [-0.05, 0) is 62.8 Å². The molecule has 1 aromatic rings. The van der Waals surface area contributed by atoms with Gasteiger partial charge in [-0.3, -0.25) is 4.79 Å². The van der Waals surface area contributed by atoms with Crippen LogP contribution >= 0.6 is 0 Å². The van der Waals surface area contributed by atoms with Crippen molar-refractivity contribution in [3.05, 3.63) is 29.3 Å². The fraction of sp³-hybridized carbons (Fsp3) is 0.562. The highest BCUT2D eigenvalue weighted by atomic mass is 16.2. The largest absolute Gasteiger partial charge is 0.376 e. The lowest BCUT2D eigenvalue weighted by Gasteiger charge is -2.24. The molecular formula is C16H24N2O. The topological polar surface area (TPSA) is 41.1 Å². The van der Waals surface area contributed by atoms with Crippen molar-refractivity contribution in [3.8, 4) is 0 Å². The van der Waals surface area contributed by atoms with E-state index in [1.807, 2.05) is 13.8 Å². The third kappa shape index (κ3) is 3.72. The molecule has 3 heteroatoms. The van der Waals surface area contributed by atoms with Gasteiger partial charge >= 0.3 is 0 Å². The van der Waals surface area contributed by atoms with E-state index in [1.165, 1.54) is 30.4 Å². The Morgan fingerprint density at radius 2 is 2.00 bits per heavy atom. The number of aryl methyl sites for hydroxylation is 2. The minimum Gasteiger partial charge on any atom is -0.376 e. The van der Waals surface area contributed by atoms with E-state index in [4.69, 9.17) is 0 Å². The minimum absolute atomic E-state index is 0.0485. The summed E-state index contributed by atoms with van der Waals surface area (Å²) < 4.78 is 0. The van der Waals surface area contributed by atoms with Gasteiger partial charge in [-0.25, -0.2) is 0 Å². The Hall–Kier alpha value is -1.51. The molecule has 0 aromatic heterocycles. The summed E-state index contributed by atoms with van der Waals surface area (Å²) in [5.74, 6) is 0.0485. The number of hydrogen-bond donors (Lipinski definition) is 2. The van der Waals surface area contributed by atoms with E-state index in [9.17, 15) is 4.79 Å². The molecule has 3 nitrogen and oxygen atoms in total. The first-order valence-electron chi connectivity index (χ1n) is 7.17. The molecule has 2 rings (SSSR count). The molecule has 0 fully saturated rings. The predicted molar refractivity (Wildman–Crippen MR) is 79.5 cm³/mol. The number of nitrogens with one attached hydrogen (secondary N) is 2. The van der Waals surface area contributed by atoms with Gasteiger partial charge in [0.05, 0.1) is 6.54 Å². The highest BCUT2D eigenvalue weighted by Crippen LogP contribution is 2.24. The number of anilines is 1. The number of rotatable bonds is 5. The molecular weight excluding hydrogens is 236 g/mol. The summed E-state index contributed by atoms with van der Waals surface area (Å²) in [7, 11) is 0. The molecule has 1 aliphatic rings. The maximum atomic E-state index is 11.9. The van der Waals surface area contributed by atoms with E-state index in [2.05, 4.69) is 35.8 Å². The van der Waals surface area contributed by atoms with Crippen LogP contribution < -0.4 is 10.6 Å². The number of carbonyl (C=O) groups excluding carboxylic acids is 1. The number of benzene rings is 1. The average Bonchev–Trinajstić information content (AvgIpc) is 2.83. The van der Waals surface area contributed by atoms with Crippen LogP contribution in [0.15, 0.2) is 18.2 Å². The number of amides is 1. The van der Waals surface area contributed by atoms with Crippen LogP contribution in [0.1, 0.15) is 44.7 Å². The van der Waals surface area contributed by atoms with E-state index < -0.39 is 0 Å². The summed E-state index contributed by atoms with van der Waals surface area (Å²) in [5.41, 5.74) is 3.81. The molecule has 0 heterocycles. The second kappa shape index (κ2) is 5.64. The van der Waals surface area contributed by atoms with Gasteiger partial charge in [0.1, 0.15) is 0 Å². The number of fused-ring (bicyclic) bond motifs is 1. The van der Waals surface area contributed by atoms with Crippen LogP contribution in [-0.4, -0.2) is 18.0 Å². The quantitative estimate of drug-likeness (QED) is 0.854. The molecule has 0 unspecified atom stereocenters. The molecule has 1 aliphatic carbocycles. The van der Waals surface area contributed by atoms with Crippen molar-refractivity contribution in [3.63, 3.8) is 0 Å². The monoisotopic (exact) mass is 260 g/mol. The van der Waals surface area contributed by atoms with Crippen molar-refractivity contribution >= 4 is 11.6 Å². The minimum atomic E-state index is -0.128. The molecule has 0 spiro atoms. The molecule has 0 saturated heterocycles. The van der Waals surface area contributed by atoms with E-state index >= 15 is 0 Å². The van der Waals surface area contributed by atoms with Gasteiger partial charge in [0.25, 0.3) is 0 Å². The summed E-state index contributed by atoms with van der Waals surface area (Å²) in [6.45, 7) is 6.50. The molecule has 104 valence electrons. The highest BCUT2D eigenvalue weighted by molar-refractivity contribution is 5.81. The predicted octanol–water partition coefficient (Wildman–Crippen LogP) is 2.89. The molecule has 19 heavy (non-hydrogen) atoms. The molecule has 1 aromatic carbocycles. The van der Waals surface area contributed by atoms with Gasteiger partial charge in [0.15, 0.2) is 0 Å². The Labute approximate surface area is 115 Å². The second-order valence-corrected chi connectivity index (χ2v) is 5.98. The zero-order valence-corrected chi connectivity index (χ0v) is 12.2. The van der Waals surface area contributed by atoms with Gasteiger partial charge < -0.3 is 10.6 Å². The van der Waals surface area contributed by atoms with Gasteiger partial charge in [0, 0.05) is 11.2 Å². The van der Waals surface area contributed by atoms with Crippen molar-refractivity contribution < 1.29 is 4.79 Å². The van der Waals surface area contributed by atoms with Gasteiger partial charge in [0.2, 0.25) is 5.91 Å². The normalized spacial score (nSPS) is 14.1. The molecule has 0 aliphatic heterocycles. The molecule has 0 bridgehead atoms. The lowest BCUT2D eigenvalue weighted by molar-refractivity contribution is -0.121. The smallest absolute Gasteiger partial charge is 0.239 e. The fourth-order valence-corrected chi connectivity index (χ4v) is 2.37. The molecule has 0 saturated carbocycles.